The molecule has 0 heterocycles. The molecule has 0 bridgehead atoms. The minimum Gasteiger partial charge on any atom is -0.393 e. The van der Waals surface area contributed by atoms with Gasteiger partial charge in [0, 0.05) is 8.22 Å². The summed E-state index contributed by atoms with van der Waals surface area (Å²) in [6.45, 7) is -4.61. The van der Waals surface area contributed by atoms with Gasteiger partial charge in [0.05, 0.1) is 11.7 Å². The average Bonchev–Trinajstić information content (AvgIpc) is 3.07. The van der Waals surface area contributed by atoms with E-state index in [1.165, 1.54) is 0 Å². The van der Waals surface area contributed by atoms with Crippen LogP contribution in [0.4, 0.5) is 26.3 Å². The van der Waals surface area contributed by atoms with Gasteiger partial charge in [-0.1, -0.05) is 25.8 Å². The number of rotatable bonds is 8. The summed E-state index contributed by atoms with van der Waals surface area (Å²) in [7, 11) is 0. The van der Waals surface area contributed by atoms with E-state index < -0.39 is 61.1 Å². The summed E-state index contributed by atoms with van der Waals surface area (Å²) >= 11 is 0. The molecule has 3 nitrogen and oxygen atoms in total. The van der Waals surface area contributed by atoms with E-state index in [0.717, 1.165) is 0 Å². The quantitative estimate of drug-likeness (QED) is 0.298. The van der Waals surface area contributed by atoms with Gasteiger partial charge in [-0.15, -0.1) is 0 Å². The Hall–Kier alpha value is -0.800. The molecule has 0 radical (unpaired) electrons. The van der Waals surface area contributed by atoms with E-state index in [2.05, 4.69) is 0 Å². The highest BCUT2D eigenvalue weighted by molar-refractivity contribution is 5.11. The van der Waals surface area contributed by atoms with Crippen LogP contribution < -0.4 is 0 Å². The van der Waals surface area contributed by atoms with E-state index >= 15 is 0 Å². The van der Waals surface area contributed by atoms with E-state index in [0.29, 0.717) is 38.2 Å². The number of alkyl halides is 6. The van der Waals surface area contributed by atoms with Crippen molar-refractivity contribution >= 4 is 0 Å². The molecule has 188 valence electrons. The third-order valence-corrected chi connectivity index (χ3v) is 7.51. The molecule has 0 spiro atoms. The summed E-state index contributed by atoms with van der Waals surface area (Å²) in [6.07, 6.45) is -10.5. The van der Waals surface area contributed by atoms with Crippen molar-refractivity contribution in [3.05, 3.63) is 12.2 Å². The Kier molecular flexibility index (Phi) is 5.76. The zero-order valence-electron chi connectivity index (χ0n) is 23.9. The smallest absolute Gasteiger partial charge is 0.393 e. The van der Waals surface area contributed by atoms with E-state index in [1.807, 2.05) is 6.92 Å². The van der Waals surface area contributed by atoms with Gasteiger partial charge >= 0.3 is 12.4 Å². The predicted molar refractivity (Wildman–Crippen MR) is 109 cm³/mol. The van der Waals surface area contributed by atoms with E-state index in [4.69, 9.17) is 8.22 Å². The first-order valence-corrected chi connectivity index (χ1v) is 10.9. The fraction of sp³-hybridized carbons (Fsp3) is 0.913. The summed E-state index contributed by atoms with van der Waals surface area (Å²) in [4.78, 5) is 0. The van der Waals surface area contributed by atoms with Crippen LogP contribution >= 0.6 is 0 Å². The zero-order chi connectivity index (χ0) is 29.6. The van der Waals surface area contributed by atoms with E-state index in [-0.39, 0.29) is 37.2 Å². The van der Waals surface area contributed by atoms with E-state index in [1.54, 1.807) is 0 Å². The van der Waals surface area contributed by atoms with Crippen molar-refractivity contribution in [1.82, 2.24) is 0 Å². The van der Waals surface area contributed by atoms with Crippen molar-refractivity contribution in [3.63, 3.8) is 0 Å². The van der Waals surface area contributed by atoms with Crippen molar-refractivity contribution in [2.24, 2.45) is 23.2 Å². The molecule has 0 aliphatic heterocycles. The largest absolute Gasteiger partial charge is 0.429 e. The van der Waals surface area contributed by atoms with Crippen LogP contribution in [0.5, 0.6) is 0 Å². The van der Waals surface area contributed by atoms with Crippen LogP contribution in [0.1, 0.15) is 86.6 Å². The number of fused-ring (bicyclic) bond motifs is 1. The lowest BCUT2D eigenvalue weighted by atomic mass is 9.60. The predicted octanol–water partition coefficient (Wildman–Crippen LogP) is 5.92. The second kappa shape index (κ2) is 9.45. The molecule has 0 aromatic carbocycles. The Morgan fingerprint density at radius 1 is 1.06 bits per heavy atom. The van der Waals surface area contributed by atoms with Gasteiger partial charge in [-0.25, -0.2) is 0 Å². The number of aliphatic hydroxyl groups is 3. The van der Waals surface area contributed by atoms with Gasteiger partial charge in [0.1, 0.15) is 0 Å². The molecule has 5 atom stereocenters. The number of halogens is 6. The molecule has 0 amide bonds. The summed E-state index contributed by atoms with van der Waals surface area (Å²) in [6, 6.07) is 0. The van der Waals surface area contributed by atoms with Gasteiger partial charge in [0.15, 0.2) is 0 Å². The minimum absolute atomic E-state index is 0.0122. The molecule has 0 saturated heterocycles. The fourth-order valence-corrected chi connectivity index (χ4v) is 5.83. The van der Waals surface area contributed by atoms with Crippen molar-refractivity contribution in [3.8, 4) is 0 Å². The lowest BCUT2D eigenvalue weighted by molar-refractivity contribution is -0.347. The van der Waals surface area contributed by atoms with Crippen LogP contribution in [0.25, 0.3) is 0 Å². The number of aliphatic hydroxyl groups excluding tert-OH is 1. The van der Waals surface area contributed by atoms with Crippen molar-refractivity contribution in [1.29, 1.82) is 0 Å². The Morgan fingerprint density at radius 3 is 2.25 bits per heavy atom. The van der Waals surface area contributed by atoms with Crippen molar-refractivity contribution in [2.75, 3.05) is 0 Å². The average molecular weight is 481 g/mol. The SMILES string of the molecule is [2H]C([2H])([2H])C(O)(CCC[C@@H](C/C=C/C(O)(C(F)(F)F)C(F)(F)F)[C@H]1CC[C@H]2[C@@H](O)CCC[C@]12C)C([2H])([2H])[2H]. The lowest BCUT2D eigenvalue weighted by Gasteiger charge is -2.46. The Morgan fingerprint density at radius 2 is 1.69 bits per heavy atom. The molecular formula is C23H36F6O3. The number of hydrogen-bond acceptors (Lipinski definition) is 3. The Labute approximate surface area is 194 Å². The van der Waals surface area contributed by atoms with Gasteiger partial charge in [0.25, 0.3) is 5.60 Å². The van der Waals surface area contributed by atoms with Crippen molar-refractivity contribution in [2.45, 2.75) is 108 Å². The highest BCUT2D eigenvalue weighted by Crippen LogP contribution is 2.59. The molecule has 2 fully saturated rings. The van der Waals surface area contributed by atoms with Crippen LogP contribution in [-0.2, 0) is 0 Å². The first kappa shape index (κ1) is 19.5. The van der Waals surface area contributed by atoms with Crippen LogP contribution in [0.15, 0.2) is 12.2 Å². The fourth-order valence-electron chi connectivity index (χ4n) is 5.83. The maximum atomic E-state index is 13.1. The maximum Gasteiger partial charge on any atom is 0.429 e. The molecule has 2 rings (SSSR count). The van der Waals surface area contributed by atoms with Crippen LogP contribution in [0.2, 0.25) is 0 Å². The Balaban J connectivity index is 2.35. The molecule has 32 heavy (non-hydrogen) atoms. The monoisotopic (exact) mass is 480 g/mol. The summed E-state index contributed by atoms with van der Waals surface area (Å²) in [5, 5.41) is 30.5. The normalized spacial score (nSPS) is 34.8. The molecule has 2 aliphatic rings. The summed E-state index contributed by atoms with van der Waals surface area (Å²) in [5.74, 6) is -1.02. The first-order chi connectivity index (χ1) is 16.9. The summed E-state index contributed by atoms with van der Waals surface area (Å²) in [5.41, 5.74) is -8.59. The van der Waals surface area contributed by atoms with Crippen LogP contribution in [0, 0.1) is 23.2 Å². The van der Waals surface area contributed by atoms with Crippen LogP contribution in [-0.4, -0.2) is 45.0 Å². The van der Waals surface area contributed by atoms with Crippen molar-refractivity contribution < 1.29 is 49.9 Å². The molecule has 0 aromatic rings. The molecule has 0 unspecified atom stereocenters. The highest BCUT2D eigenvalue weighted by Gasteiger charge is 2.69. The van der Waals surface area contributed by atoms with Gasteiger partial charge < -0.3 is 15.3 Å². The Bertz CT molecular complexity index is 813. The molecule has 2 aliphatic carbocycles. The second-order valence-corrected chi connectivity index (χ2v) is 9.67. The third kappa shape index (κ3) is 5.81. The molecule has 9 heteroatoms. The molecule has 2 saturated carbocycles. The second-order valence-electron chi connectivity index (χ2n) is 9.67. The topological polar surface area (TPSA) is 60.7 Å². The van der Waals surface area contributed by atoms with Gasteiger partial charge in [-0.3, -0.25) is 0 Å². The van der Waals surface area contributed by atoms with Gasteiger partial charge in [0.2, 0.25) is 0 Å². The van der Waals surface area contributed by atoms with Gasteiger partial charge in [-0.05, 0) is 87.9 Å². The van der Waals surface area contributed by atoms with E-state index in [9.17, 15) is 41.7 Å². The zero-order valence-corrected chi connectivity index (χ0v) is 17.9. The minimum atomic E-state index is -6.02. The van der Waals surface area contributed by atoms with Crippen LogP contribution in [0.3, 0.4) is 0 Å². The van der Waals surface area contributed by atoms with Gasteiger partial charge in [-0.2, -0.15) is 26.3 Å². The first-order valence-electron chi connectivity index (χ1n) is 13.9. The highest BCUT2D eigenvalue weighted by atomic mass is 19.4. The number of hydrogen-bond donors (Lipinski definition) is 3. The summed E-state index contributed by atoms with van der Waals surface area (Å²) < 4.78 is 124. The lowest BCUT2D eigenvalue weighted by Crippen LogP contribution is -2.55. The molecule has 0 aromatic heterocycles. The molecular weight excluding hydrogens is 438 g/mol. The molecule has 3 N–H and O–H groups in total. The standard InChI is InChI=1S/C23H36F6O3/c1-19(2,31)12-4-7-15(8-5-14-21(32,22(24,25)26)23(27,28)29)16-10-11-17-18(30)9-6-13-20(16,17)3/h5,14-18,30-32H,4,6-13H2,1-3H3/b14-5+/t15-,16+,17-,18-,20+/m0/s1/i1D3,2D3. The third-order valence-electron chi connectivity index (χ3n) is 7.51. The number of allylic oxidation sites excluding steroid dienone is 1. The maximum absolute atomic E-state index is 13.1.